The molecule has 0 aliphatic carbocycles. The molecule has 0 aliphatic heterocycles. The first-order chi connectivity index (χ1) is 6.15. The monoisotopic (exact) mass is 244 g/mol. The van der Waals surface area contributed by atoms with Crippen molar-refractivity contribution in [3.05, 3.63) is 33.8 Å². The molecule has 0 aliphatic rings. The van der Waals surface area contributed by atoms with Gasteiger partial charge in [-0.15, -0.1) is 0 Å². The lowest BCUT2D eigenvalue weighted by Crippen LogP contribution is -2.00. The van der Waals surface area contributed by atoms with E-state index in [-0.39, 0.29) is 5.78 Å². The first-order valence-electron chi connectivity index (χ1n) is 3.97. The second-order valence-corrected chi connectivity index (χ2v) is 3.74. The van der Waals surface area contributed by atoms with Crippen molar-refractivity contribution >= 4 is 21.7 Å². The zero-order chi connectivity index (χ0) is 9.84. The van der Waals surface area contributed by atoms with Crippen LogP contribution in [0.2, 0.25) is 0 Å². The number of Topliss-reactive ketones (excluding diaryl/α,β-unsaturated/α-hetero) is 1. The van der Waals surface area contributed by atoms with Gasteiger partial charge >= 0.3 is 0 Å². The van der Waals surface area contributed by atoms with E-state index in [4.69, 9.17) is 0 Å². The molecular formula is C10H10BrFO. The largest absolute Gasteiger partial charge is 0.300 e. The number of benzene rings is 1. The normalized spacial score (nSPS) is 10.1. The lowest BCUT2D eigenvalue weighted by atomic mass is 10.0. The molecular weight excluding hydrogens is 235 g/mol. The van der Waals surface area contributed by atoms with Gasteiger partial charge in [0.1, 0.15) is 12.5 Å². The smallest absolute Gasteiger partial charge is 0.134 e. The van der Waals surface area contributed by atoms with Crippen molar-refractivity contribution in [2.45, 2.75) is 20.0 Å². The van der Waals surface area contributed by atoms with Gasteiger partial charge < -0.3 is 0 Å². The molecule has 1 aromatic carbocycles. The van der Waals surface area contributed by atoms with Gasteiger partial charge in [-0.1, -0.05) is 28.1 Å². The molecule has 0 saturated carbocycles. The van der Waals surface area contributed by atoms with E-state index in [0.717, 1.165) is 10.0 Å². The highest BCUT2D eigenvalue weighted by Crippen LogP contribution is 2.22. The maximum Gasteiger partial charge on any atom is 0.134 e. The molecule has 0 unspecified atom stereocenters. The number of rotatable bonds is 3. The molecule has 0 N–H and O–H groups in total. The highest BCUT2D eigenvalue weighted by atomic mass is 79.9. The summed E-state index contributed by atoms with van der Waals surface area (Å²) in [7, 11) is 0. The van der Waals surface area contributed by atoms with Gasteiger partial charge in [0.05, 0.1) is 0 Å². The topological polar surface area (TPSA) is 17.1 Å². The van der Waals surface area contributed by atoms with Crippen LogP contribution in [0.15, 0.2) is 22.7 Å². The Kier molecular flexibility index (Phi) is 3.60. The molecule has 3 heteroatoms. The quantitative estimate of drug-likeness (QED) is 0.799. The third-order valence-electron chi connectivity index (χ3n) is 1.79. The Balaban J connectivity index is 3.05. The van der Waals surface area contributed by atoms with Crippen LogP contribution in [0.4, 0.5) is 4.39 Å². The molecule has 0 saturated heterocycles. The van der Waals surface area contributed by atoms with Crippen LogP contribution in [0.25, 0.3) is 0 Å². The highest BCUT2D eigenvalue weighted by molar-refractivity contribution is 9.10. The first-order valence-corrected chi connectivity index (χ1v) is 4.76. The second-order valence-electron chi connectivity index (χ2n) is 2.89. The standard InChI is InChI=1S/C10H10BrFO/c1-7(13)5-8-3-2-4-10(11)9(8)6-12/h2-4H,5-6H2,1H3. The van der Waals surface area contributed by atoms with Crippen molar-refractivity contribution in [2.75, 3.05) is 0 Å². The molecule has 0 radical (unpaired) electrons. The number of carbonyl (C=O) groups excluding carboxylic acids is 1. The number of halogens is 2. The second kappa shape index (κ2) is 4.51. The van der Waals surface area contributed by atoms with E-state index in [1.54, 1.807) is 12.1 Å². The van der Waals surface area contributed by atoms with E-state index in [1.807, 2.05) is 6.07 Å². The number of carbonyl (C=O) groups is 1. The summed E-state index contributed by atoms with van der Waals surface area (Å²) in [5, 5.41) is 0. The van der Waals surface area contributed by atoms with E-state index in [1.165, 1.54) is 6.92 Å². The van der Waals surface area contributed by atoms with E-state index in [0.29, 0.717) is 12.0 Å². The predicted molar refractivity (Wildman–Crippen MR) is 53.3 cm³/mol. The van der Waals surface area contributed by atoms with Gasteiger partial charge in [0.25, 0.3) is 0 Å². The van der Waals surface area contributed by atoms with Crippen molar-refractivity contribution in [1.82, 2.24) is 0 Å². The molecule has 0 amide bonds. The zero-order valence-electron chi connectivity index (χ0n) is 7.31. The fraction of sp³-hybridized carbons (Fsp3) is 0.300. The summed E-state index contributed by atoms with van der Waals surface area (Å²) in [4.78, 5) is 10.9. The number of ketones is 1. The van der Waals surface area contributed by atoms with Gasteiger partial charge in [0.2, 0.25) is 0 Å². The lowest BCUT2D eigenvalue weighted by molar-refractivity contribution is -0.116. The lowest BCUT2D eigenvalue weighted by Gasteiger charge is -2.06. The molecule has 0 aromatic heterocycles. The van der Waals surface area contributed by atoms with E-state index >= 15 is 0 Å². The fourth-order valence-electron chi connectivity index (χ4n) is 1.19. The molecule has 1 aromatic rings. The molecule has 70 valence electrons. The van der Waals surface area contributed by atoms with Crippen LogP contribution in [0.5, 0.6) is 0 Å². The summed E-state index contributed by atoms with van der Waals surface area (Å²) in [5.41, 5.74) is 1.35. The van der Waals surface area contributed by atoms with Crippen LogP contribution in [0.1, 0.15) is 18.1 Å². The van der Waals surface area contributed by atoms with Crippen LogP contribution in [0.3, 0.4) is 0 Å². The Labute approximate surface area is 85.1 Å². The van der Waals surface area contributed by atoms with Gasteiger partial charge in [0.15, 0.2) is 0 Å². The minimum atomic E-state index is -0.538. The maximum atomic E-state index is 12.6. The highest BCUT2D eigenvalue weighted by Gasteiger charge is 2.07. The van der Waals surface area contributed by atoms with Gasteiger partial charge in [-0.05, 0) is 18.6 Å². The fourth-order valence-corrected chi connectivity index (χ4v) is 1.70. The SMILES string of the molecule is CC(=O)Cc1cccc(Br)c1CF. The summed E-state index contributed by atoms with van der Waals surface area (Å²) < 4.78 is 13.3. The Morgan fingerprint density at radius 2 is 2.23 bits per heavy atom. The van der Waals surface area contributed by atoms with Gasteiger partial charge in [-0.3, -0.25) is 4.79 Å². The van der Waals surface area contributed by atoms with E-state index in [9.17, 15) is 9.18 Å². The minimum Gasteiger partial charge on any atom is -0.300 e. The van der Waals surface area contributed by atoms with Crippen LogP contribution in [-0.2, 0) is 17.9 Å². The average molecular weight is 245 g/mol. The Morgan fingerprint density at radius 1 is 1.54 bits per heavy atom. The summed E-state index contributed by atoms with van der Waals surface area (Å²) in [5.74, 6) is 0.0489. The van der Waals surface area contributed by atoms with Gasteiger partial charge in [-0.25, -0.2) is 4.39 Å². The molecule has 0 bridgehead atoms. The average Bonchev–Trinajstić information content (AvgIpc) is 2.03. The molecule has 1 rings (SSSR count). The Morgan fingerprint density at radius 3 is 2.77 bits per heavy atom. The van der Waals surface area contributed by atoms with E-state index in [2.05, 4.69) is 15.9 Å². The Bertz CT molecular complexity index is 323. The van der Waals surface area contributed by atoms with Crippen molar-refractivity contribution in [2.24, 2.45) is 0 Å². The molecule has 13 heavy (non-hydrogen) atoms. The van der Waals surface area contributed by atoms with Gasteiger partial charge in [-0.2, -0.15) is 0 Å². The summed E-state index contributed by atoms with van der Waals surface area (Å²) in [6, 6.07) is 5.36. The minimum absolute atomic E-state index is 0.0489. The van der Waals surface area contributed by atoms with Crippen LogP contribution < -0.4 is 0 Å². The third kappa shape index (κ3) is 2.62. The number of alkyl halides is 1. The van der Waals surface area contributed by atoms with Crippen molar-refractivity contribution in [3.63, 3.8) is 0 Å². The first kappa shape index (κ1) is 10.4. The summed E-state index contributed by atoms with van der Waals surface area (Å²) in [6.45, 7) is 0.965. The Hall–Kier alpha value is -0.700. The summed E-state index contributed by atoms with van der Waals surface area (Å²) >= 11 is 3.25. The maximum absolute atomic E-state index is 12.6. The molecule has 0 spiro atoms. The zero-order valence-corrected chi connectivity index (χ0v) is 8.90. The van der Waals surface area contributed by atoms with Crippen LogP contribution in [0, 0.1) is 0 Å². The number of hydrogen-bond acceptors (Lipinski definition) is 1. The molecule has 0 atom stereocenters. The van der Waals surface area contributed by atoms with Crippen molar-refractivity contribution in [3.8, 4) is 0 Å². The van der Waals surface area contributed by atoms with Crippen LogP contribution in [-0.4, -0.2) is 5.78 Å². The van der Waals surface area contributed by atoms with E-state index < -0.39 is 6.67 Å². The molecule has 1 nitrogen and oxygen atoms in total. The summed E-state index contributed by atoms with van der Waals surface area (Å²) in [6.07, 6.45) is 0.304. The van der Waals surface area contributed by atoms with Gasteiger partial charge in [0, 0.05) is 16.5 Å². The third-order valence-corrected chi connectivity index (χ3v) is 2.53. The number of hydrogen-bond donors (Lipinski definition) is 0. The van der Waals surface area contributed by atoms with Crippen molar-refractivity contribution in [1.29, 1.82) is 0 Å². The van der Waals surface area contributed by atoms with Crippen LogP contribution >= 0.6 is 15.9 Å². The molecule has 0 heterocycles. The molecule has 0 fully saturated rings. The van der Waals surface area contributed by atoms with Crippen molar-refractivity contribution < 1.29 is 9.18 Å². The predicted octanol–water partition coefficient (Wildman–Crippen LogP) is 3.05.